The molecule has 0 amide bonds. The second-order valence-corrected chi connectivity index (χ2v) is 5.39. The fraction of sp³-hybridized carbons (Fsp3) is 0.294. The van der Waals surface area contributed by atoms with Crippen molar-refractivity contribution in [1.29, 1.82) is 0 Å². The third kappa shape index (κ3) is 4.09. The van der Waals surface area contributed by atoms with Gasteiger partial charge >= 0.3 is 0 Å². The van der Waals surface area contributed by atoms with Crippen LogP contribution in [0.25, 0.3) is 0 Å². The van der Waals surface area contributed by atoms with Gasteiger partial charge in [-0.25, -0.2) is 0 Å². The summed E-state index contributed by atoms with van der Waals surface area (Å²) in [5, 5.41) is 10.3. The summed E-state index contributed by atoms with van der Waals surface area (Å²) in [6.07, 6.45) is 1.90. The van der Waals surface area contributed by atoms with Crippen molar-refractivity contribution in [3.63, 3.8) is 0 Å². The van der Waals surface area contributed by atoms with Gasteiger partial charge in [0, 0.05) is 17.5 Å². The molecule has 100 valence electrons. The highest BCUT2D eigenvalue weighted by atomic mass is 35.5. The van der Waals surface area contributed by atoms with Crippen LogP contribution in [0.4, 0.5) is 0 Å². The smallest absolute Gasteiger partial charge is 0.0499 e. The Bertz CT molecular complexity index is 502. The Morgan fingerprint density at radius 2 is 1.63 bits per heavy atom. The van der Waals surface area contributed by atoms with Crippen LogP contribution in [0.5, 0.6) is 0 Å². The molecule has 1 N–H and O–H groups in total. The second-order valence-electron chi connectivity index (χ2n) is 4.96. The van der Waals surface area contributed by atoms with Crippen LogP contribution in [-0.4, -0.2) is 11.7 Å². The predicted octanol–water partition coefficient (Wildman–Crippen LogP) is 4.36. The van der Waals surface area contributed by atoms with Crippen LogP contribution in [0.3, 0.4) is 0 Å². The maximum atomic E-state index is 9.55. The second kappa shape index (κ2) is 6.74. The summed E-state index contributed by atoms with van der Waals surface area (Å²) in [6, 6.07) is 16.3. The summed E-state index contributed by atoms with van der Waals surface area (Å²) in [5.41, 5.74) is 3.72. The van der Waals surface area contributed by atoms with Crippen molar-refractivity contribution in [2.75, 3.05) is 6.61 Å². The van der Waals surface area contributed by atoms with E-state index in [1.165, 1.54) is 16.7 Å². The zero-order chi connectivity index (χ0) is 13.7. The Balaban J connectivity index is 1.99. The molecule has 0 heterocycles. The predicted molar refractivity (Wildman–Crippen MR) is 80.8 cm³/mol. The summed E-state index contributed by atoms with van der Waals surface area (Å²) in [5.74, 6) is 0.205. The quantitative estimate of drug-likeness (QED) is 0.859. The lowest BCUT2D eigenvalue weighted by Gasteiger charge is -2.15. The molecule has 1 nitrogen and oxygen atoms in total. The molecule has 0 bridgehead atoms. The van der Waals surface area contributed by atoms with E-state index < -0.39 is 0 Å². The van der Waals surface area contributed by atoms with E-state index in [4.69, 9.17) is 11.6 Å². The van der Waals surface area contributed by atoms with E-state index in [1.54, 1.807) is 0 Å². The zero-order valence-corrected chi connectivity index (χ0v) is 11.9. The Labute approximate surface area is 119 Å². The van der Waals surface area contributed by atoms with Crippen molar-refractivity contribution < 1.29 is 5.11 Å². The van der Waals surface area contributed by atoms with Crippen LogP contribution in [0.1, 0.15) is 29.0 Å². The van der Waals surface area contributed by atoms with Gasteiger partial charge in [-0.3, -0.25) is 0 Å². The van der Waals surface area contributed by atoms with Crippen LogP contribution in [-0.2, 0) is 6.42 Å². The molecule has 0 radical (unpaired) electrons. The maximum Gasteiger partial charge on any atom is 0.0499 e. The minimum Gasteiger partial charge on any atom is -0.396 e. The lowest BCUT2D eigenvalue weighted by molar-refractivity contribution is 0.259. The van der Waals surface area contributed by atoms with Crippen molar-refractivity contribution >= 4 is 11.6 Å². The number of aliphatic hydroxyl groups excluding tert-OH is 1. The van der Waals surface area contributed by atoms with Gasteiger partial charge in [0.05, 0.1) is 0 Å². The molecule has 0 saturated carbocycles. The van der Waals surface area contributed by atoms with Crippen molar-refractivity contribution in [2.45, 2.75) is 25.7 Å². The van der Waals surface area contributed by atoms with Crippen molar-refractivity contribution in [1.82, 2.24) is 0 Å². The number of aryl methyl sites for hydroxylation is 2. The SMILES string of the molecule is Cc1ccc(C(CO)CCc2ccc(Cl)cc2)cc1. The lowest BCUT2D eigenvalue weighted by atomic mass is 9.92. The molecule has 0 aromatic heterocycles. The molecule has 2 aromatic rings. The van der Waals surface area contributed by atoms with E-state index in [9.17, 15) is 5.11 Å². The number of aliphatic hydroxyl groups is 1. The fourth-order valence-corrected chi connectivity index (χ4v) is 2.32. The van der Waals surface area contributed by atoms with Gasteiger partial charge in [0.25, 0.3) is 0 Å². The fourth-order valence-electron chi connectivity index (χ4n) is 2.19. The Hall–Kier alpha value is -1.31. The molecule has 2 rings (SSSR count). The normalized spacial score (nSPS) is 12.4. The van der Waals surface area contributed by atoms with Gasteiger partial charge in [-0.2, -0.15) is 0 Å². The standard InChI is InChI=1S/C17H19ClO/c1-13-2-7-15(8-3-13)16(12-19)9-4-14-5-10-17(18)11-6-14/h2-3,5-8,10-11,16,19H,4,9,12H2,1H3. The largest absolute Gasteiger partial charge is 0.396 e. The molecular formula is C17H19ClO. The van der Waals surface area contributed by atoms with Crippen molar-refractivity contribution in [3.05, 3.63) is 70.2 Å². The molecular weight excluding hydrogens is 256 g/mol. The summed E-state index contributed by atoms with van der Waals surface area (Å²) >= 11 is 5.87. The van der Waals surface area contributed by atoms with Crippen LogP contribution in [0, 0.1) is 6.92 Å². The van der Waals surface area contributed by atoms with E-state index in [0.29, 0.717) is 0 Å². The maximum absolute atomic E-state index is 9.55. The Morgan fingerprint density at radius 3 is 2.21 bits per heavy atom. The van der Waals surface area contributed by atoms with E-state index in [1.807, 2.05) is 24.3 Å². The van der Waals surface area contributed by atoms with E-state index in [2.05, 4.69) is 31.2 Å². The third-order valence-electron chi connectivity index (χ3n) is 3.46. The summed E-state index contributed by atoms with van der Waals surface area (Å²) in [4.78, 5) is 0. The molecule has 2 heteroatoms. The number of benzene rings is 2. The summed E-state index contributed by atoms with van der Waals surface area (Å²) in [6.45, 7) is 2.27. The van der Waals surface area contributed by atoms with Crippen molar-refractivity contribution in [2.24, 2.45) is 0 Å². The highest BCUT2D eigenvalue weighted by Crippen LogP contribution is 2.22. The Kier molecular flexibility index (Phi) is 5.00. The first-order chi connectivity index (χ1) is 9.19. The minimum absolute atomic E-state index is 0.191. The van der Waals surface area contributed by atoms with Gasteiger partial charge < -0.3 is 5.11 Å². The molecule has 0 fully saturated rings. The van der Waals surface area contributed by atoms with E-state index >= 15 is 0 Å². The number of hydrogen-bond acceptors (Lipinski definition) is 1. The van der Waals surface area contributed by atoms with Crippen LogP contribution >= 0.6 is 11.6 Å². The first-order valence-corrected chi connectivity index (χ1v) is 6.98. The molecule has 1 unspecified atom stereocenters. The zero-order valence-electron chi connectivity index (χ0n) is 11.1. The van der Waals surface area contributed by atoms with Gasteiger partial charge in [0.15, 0.2) is 0 Å². The Morgan fingerprint density at radius 1 is 1.00 bits per heavy atom. The monoisotopic (exact) mass is 274 g/mol. The molecule has 0 spiro atoms. The molecule has 0 aliphatic rings. The highest BCUT2D eigenvalue weighted by Gasteiger charge is 2.10. The lowest BCUT2D eigenvalue weighted by Crippen LogP contribution is -2.05. The highest BCUT2D eigenvalue weighted by molar-refractivity contribution is 6.30. The molecule has 2 aromatic carbocycles. The number of rotatable bonds is 5. The van der Waals surface area contributed by atoms with Gasteiger partial charge in [0.1, 0.15) is 0 Å². The first-order valence-electron chi connectivity index (χ1n) is 6.61. The summed E-state index contributed by atoms with van der Waals surface area (Å²) in [7, 11) is 0. The minimum atomic E-state index is 0.191. The average Bonchev–Trinajstić information content (AvgIpc) is 2.43. The van der Waals surface area contributed by atoms with Gasteiger partial charge in [0.2, 0.25) is 0 Å². The third-order valence-corrected chi connectivity index (χ3v) is 3.72. The number of hydrogen-bond donors (Lipinski definition) is 1. The van der Waals surface area contributed by atoms with Gasteiger partial charge in [-0.05, 0) is 43.0 Å². The van der Waals surface area contributed by atoms with Gasteiger partial charge in [-0.1, -0.05) is 53.6 Å². The molecule has 0 aliphatic heterocycles. The molecule has 0 saturated heterocycles. The first kappa shape index (κ1) is 14.1. The molecule has 1 atom stereocenters. The molecule has 19 heavy (non-hydrogen) atoms. The molecule has 0 aliphatic carbocycles. The van der Waals surface area contributed by atoms with E-state index in [0.717, 1.165) is 17.9 Å². The van der Waals surface area contributed by atoms with Crippen LogP contribution in [0.2, 0.25) is 5.02 Å². The van der Waals surface area contributed by atoms with Crippen LogP contribution in [0.15, 0.2) is 48.5 Å². The summed E-state index contributed by atoms with van der Waals surface area (Å²) < 4.78 is 0. The van der Waals surface area contributed by atoms with Crippen LogP contribution < -0.4 is 0 Å². The van der Waals surface area contributed by atoms with Gasteiger partial charge in [-0.15, -0.1) is 0 Å². The number of halogens is 1. The average molecular weight is 275 g/mol. The topological polar surface area (TPSA) is 20.2 Å². The van der Waals surface area contributed by atoms with E-state index in [-0.39, 0.29) is 12.5 Å². The van der Waals surface area contributed by atoms with Crippen molar-refractivity contribution in [3.8, 4) is 0 Å².